The fourth-order valence-corrected chi connectivity index (χ4v) is 3.93. The number of anilines is 1. The van der Waals surface area contributed by atoms with E-state index in [4.69, 9.17) is 10.5 Å². The van der Waals surface area contributed by atoms with Gasteiger partial charge in [0.2, 0.25) is 10.9 Å². The van der Waals surface area contributed by atoms with E-state index in [2.05, 4.69) is 25.2 Å². The predicted molar refractivity (Wildman–Crippen MR) is 113 cm³/mol. The first-order valence-electron chi connectivity index (χ1n) is 8.88. The zero-order chi connectivity index (χ0) is 20.0. The summed E-state index contributed by atoms with van der Waals surface area (Å²) in [5, 5.41) is 8.65. The molecule has 0 aliphatic rings. The second-order valence-electron chi connectivity index (χ2n) is 6.21. The van der Waals surface area contributed by atoms with E-state index in [9.17, 15) is 4.79 Å². The monoisotopic (exact) mass is 405 g/mol. The van der Waals surface area contributed by atoms with Crippen molar-refractivity contribution in [1.29, 1.82) is 0 Å². The highest BCUT2D eigenvalue weighted by molar-refractivity contribution is 7.21. The molecule has 5 aromatic rings. The minimum atomic E-state index is -0.464. The normalized spacial score (nSPS) is 11.9. The van der Waals surface area contributed by atoms with Crippen LogP contribution in [0.2, 0.25) is 0 Å². The van der Waals surface area contributed by atoms with Gasteiger partial charge in [0.05, 0.1) is 27.9 Å². The van der Waals surface area contributed by atoms with Crippen LogP contribution in [0.5, 0.6) is 5.75 Å². The van der Waals surface area contributed by atoms with Gasteiger partial charge in [-0.05, 0) is 37.3 Å². The number of azo groups is 1. The van der Waals surface area contributed by atoms with Crippen LogP contribution in [0.15, 0.2) is 57.5 Å². The van der Waals surface area contributed by atoms with Gasteiger partial charge in [0.15, 0.2) is 5.69 Å². The van der Waals surface area contributed by atoms with E-state index in [1.54, 1.807) is 4.40 Å². The Labute approximate surface area is 167 Å². The molecule has 10 heteroatoms. The minimum absolute atomic E-state index is 0.00918. The number of aromatic nitrogens is 4. The number of ether oxygens (including phenoxy) is 1. The second kappa shape index (κ2) is 6.67. The van der Waals surface area contributed by atoms with Gasteiger partial charge in [0.1, 0.15) is 11.6 Å². The van der Waals surface area contributed by atoms with Crippen molar-refractivity contribution < 1.29 is 4.74 Å². The zero-order valence-electron chi connectivity index (χ0n) is 15.3. The minimum Gasteiger partial charge on any atom is -0.494 e. The summed E-state index contributed by atoms with van der Waals surface area (Å²) in [6.07, 6.45) is 0. The standard InChI is InChI=1S/C19H15N7O2S/c1-2-28-10-7-8-12-14(9-10)29-19(22-12)25-24-15-16(20)26-13-6-4-3-5-11(13)21-18(26)23-17(15)27/h3-9H,2,20H2,1H3,(H,21,23,27). The summed E-state index contributed by atoms with van der Waals surface area (Å²) in [5.74, 6) is 1.29. The van der Waals surface area contributed by atoms with Crippen LogP contribution in [0, 0.1) is 0 Å². The molecule has 9 nitrogen and oxygen atoms in total. The Balaban J connectivity index is 1.59. The van der Waals surface area contributed by atoms with Crippen LogP contribution < -0.4 is 16.0 Å². The van der Waals surface area contributed by atoms with Crippen molar-refractivity contribution >= 4 is 55.0 Å². The number of hydrogen-bond donors (Lipinski definition) is 2. The number of aromatic amines is 1. The van der Waals surface area contributed by atoms with Crippen LogP contribution in [-0.4, -0.2) is 26.0 Å². The summed E-state index contributed by atoms with van der Waals surface area (Å²) < 4.78 is 8.08. The number of benzene rings is 2. The second-order valence-corrected chi connectivity index (χ2v) is 7.22. The lowest BCUT2D eigenvalue weighted by Gasteiger charge is -2.02. The average Bonchev–Trinajstić information content (AvgIpc) is 3.28. The van der Waals surface area contributed by atoms with Gasteiger partial charge < -0.3 is 10.5 Å². The maximum absolute atomic E-state index is 12.5. The van der Waals surface area contributed by atoms with Gasteiger partial charge in [-0.15, -0.1) is 10.2 Å². The molecule has 0 radical (unpaired) electrons. The fourth-order valence-electron chi connectivity index (χ4n) is 3.12. The van der Waals surface area contributed by atoms with E-state index < -0.39 is 5.56 Å². The van der Waals surface area contributed by atoms with E-state index >= 15 is 0 Å². The molecule has 29 heavy (non-hydrogen) atoms. The lowest BCUT2D eigenvalue weighted by molar-refractivity contribution is 0.341. The number of para-hydroxylation sites is 2. The van der Waals surface area contributed by atoms with Crippen LogP contribution >= 0.6 is 11.3 Å². The number of nitrogens with two attached hydrogens (primary N) is 1. The molecule has 0 saturated carbocycles. The first kappa shape index (κ1) is 17.3. The van der Waals surface area contributed by atoms with Gasteiger partial charge >= 0.3 is 0 Å². The number of hydrogen-bond acceptors (Lipinski definition) is 8. The molecule has 0 bridgehead atoms. The molecular formula is C19H15N7O2S. The van der Waals surface area contributed by atoms with E-state index in [0.29, 0.717) is 17.5 Å². The van der Waals surface area contributed by atoms with Gasteiger partial charge in [-0.3, -0.25) is 14.2 Å². The molecule has 0 spiro atoms. The molecule has 0 unspecified atom stereocenters. The number of imidazole rings is 1. The summed E-state index contributed by atoms with van der Waals surface area (Å²) in [4.78, 5) is 24.0. The Morgan fingerprint density at radius 1 is 1.17 bits per heavy atom. The van der Waals surface area contributed by atoms with Crippen molar-refractivity contribution in [2.75, 3.05) is 12.3 Å². The van der Waals surface area contributed by atoms with Crippen molar-refractivity contribution in [1.82, 2.24) is 19.4 Å². The van der Waals surface area contributed by atoms with Crippen LogP contribution in [-0.2, 0) is 0 Å². The maximum Gasteiger partial charge on any atom is 0.282 e. The summed E-state index contributed by atoms with van der Waals surface area (Å²) in [5.41, 5.74) is 8.06. The van der Waals surface area contributed by atoms with Crippen molar-refractivity contribution in [3.63, 3.8) is 0 Å². The number of H-pyrrole nitrogens is 1. The Morgan fingerprint density at radius 2 is 2.03 bits per heavy atom. The third-order valence-electron chi connectivity index (χ3n) is 4.38. The van der Waals surface area contributed by atoms with E-state index in [1.807, 2.05) is 49.4 Å². The first-order chi connectivity index (χ1) is 14.1. The van der Waals surface area contributed by atoms with Crippen LogP contribution in [0.3, 0.4) is 0 Å². The Kier molecular flexibility index (Phi) is 3.98. The van der Waals surface area contributed by atoms with Crippen molar-refractivity contribution in [2.24, 2.45) is 10.2 Å². The van der Waals surface area contributed by atoms with Gasteiger partial charge in [0, 0.05) is 0 Å². The van der Waals surface area contributed by atoms with E-state index in [1.165, 1.54) is 11.3 Å². The highest BCUT2D eigenvalue weighted by atomic mass is 32.1. The van der Waals surface area contributed by atoms with Crippen LogP contribution in [0.25, 0.3) is 27.0 Å². The van der Waals surface area contributed by atoms with Crippen LogP contribution in [0.4, 0.5) is 16.6 Å². The molecule has 0 saturated heterocycles. The molecule has 5 rings (SSSR count). The van der Waals surface area contributed by atoms with Crippen molar-refractivity contribution in [2.45, 2.75) is 6.92 Å². The number of nitrogens with zero attached hydrogens (tertiary/aromatic N) is 5. The smallest absolute Gasteiger partial charge is 0.282 e. The molecule has 144 valence electrons. The van der Waals surface area contributed by atoms with Gasteiger partial charge in [-0.1, -0.05) is 23.5 Å². The van der Waals surface area contributed by atoms with Gasteiger partial charge in [-0.2, -0.15) is 0 Å². The highest BCUT2D eigenvalue weighted by Gasteiger charge is 2.14. The molecule has 0 amide bonds. The Hall–Kier alpha value is -3.79. The summed E-state index contributed by atoms with van der Waals surface area (Å²) in [6, 6.07) is 13.1. The van der Waals surface area contributed by atoms with Gasteiger partial charge in [0.25, 0.3) is 5.56 Å². The predicted octanol–water partition coefficient (Wildman–Crippen LogP) is 4.18. The van der Waals surface area contributed by atoms with E-state index in [-0.39, 0.29) is 11.5 Å². The number of nitrogens with one attached hydrogen (secondary N) is 1. The number of fused-ring (bicyclic) bond motifs is 4. The number of thiazole rings is 1. The molecule has 0 atom stereocenters. The molecule has 3 aromatic heterocycles. The highest BCUT2D eigenvalue weighted by Crippen LogP contribution is 2.32. The molecular weight excluding hydrogens is 390 g/mol. The fraction of sp³-hybridized carbons (Fsp3) is 0.105. The third-order valence-corrected chi connectivity index (χ3v) is 5.28. The SMILES string of the molecule is CCOc1ccc2nc(N=Nc3c(N)n4c(nc5ccccc54)[nH]c3=O)sc2c1. The number of rotatable bonds is 4. The molecule has 0 aliphatic heterocycles. The summed E-state index contributed by atoms with van der Waals surface area (Å²) in [7, 11) is 0. The lowest BCUT2D eigenvalue weighted by atomic mass is 10.3. The molecule has 2 aromatic carbocycles. The maximum atomic E-state index is 12.5. The third kappa shape index (κ3) is 2.90. The average molecular weight is 405 g/mol. The molecule has 3 N–H and O–H groups in total. The topological polar surface area (TPSA) is 123 Å². The largest absolute Gasteiger partial charge is 0.494 e. The first-order valence-corrected chi connectivity index (χ1v) is 9.70. The molecule has 3 heterocycles. The van der Waals surface area contributed by atoms with E-state index in [0.717, 1.165) is 27.0 Å². The zero-order valence-corrected chi connectivity index (χ0v) is 16.1. The molecule has 0 fully saturated rings. The quantitative estimate of drug-likeness (QED) is 0.434. The Bertz CT molecular complexity index is 1460. The van der Waals surface area contributed by atoms with Crippen molar-refractivity contribution in [3.8, 4) is 5.75 Å². The molecule has 0 aliphatic carbocycles. The Morgan fingerprint density at radius 3 is 2.90 bits per heavy atom. The summed E-state index contributed by atoms with van der Waals surface area (Å²) >= 11 is 1.35. The van der Waals surface area contributed by atoms with Crippen LogP contribution in [0.1, 0.15) is 6.92 Å². The summed E-state index contributed by atoms with van der Waals surface area (Å²) in [6.45, 7) is 2.52. The number of nitrogen functional groups attached to an aromatic ring is 1. The lowest BCUT2D eigenvalue weighted by Crippen LogP contribution is -2.12. The van der Waals surface area contributed by atoms with Crippen molar-refractivity contribution in [3.05, 3.63) is 52.8 Å². The van der Waals surface area contributed by atoms with Gasteiger partial charge in [-0.25, -0.2) is 9.97 Å².